The molecule has 2 amide bonds. The van der Waals surface area contributed by atoms with Gasteiger partial charge in [0, 0.05) is 17.8 Å². The van der Waals surface area contributed by atoms with Crippen LogP contribution in [0.15, 0.2) is 41.7 Å². The van der Waals surface area contributed by atoms with Crippen molar-refractivity contribution in [3.8, 4) is 17.0 Å². The molecule has 2 N–H and O–H groups in total. The Morgan fingerprint density at radius 2 is 1.94 bits per heavy atom. The van der Waals surface area contributed by atoms with Crippen LogP contribution in [0.4, 0.5) is 19.3 Å². The highest BCUT2D eigenvalue weighted by Gasteiger charge is 2.32. The number of amides is 2. The zero-order valence-electron chi connectivity index (χ0n) is 18.9. The topological polar surface area (TPSA) is 115 Å². The first-order chi connectivity index (χ1) is 15.9. The van der Waals surface area contributed by atoms with Crippen LogP contribution in [0, 0.1) is 11.6 Å². The smallest absolute Gasteiger partial charge is 0.333 e. The van der Waals surface area contributed by atoms with Crippen molar-refractivity contribution in [3.05, 3.63) is 53.9 Å². The minimum atomic E-state index is -4.66. The van der Waals surface area contributed by atoms with E-state index < -0.39 is 38.3 Å². The van der Waals surface area contributed by atoms with Crippen molar-refractivity contribution in [1.29, 1.82) is 0 Å². The second kappa shape index (κ2) is 8.35. The Morgan fingerprint density at radius 3 is 2.65 bits per heavy atom. The van der Waals surface area contributed by atoms with Gasteiger partial charge in [-0.05, 0) is 49.1 Å². The summed E-state index contributed by atoms with van der Waals surface area (Å²) in [5.41, 5.74) is 0.435. The van der Waals surface area contributed by atoms with Crippen molar-refractivity contribution in [3.63, 3.8) is 0 Å². The number of hydrogen-bond donors (Lipinski definition) is 2. The predicted octanol–water partition coefficient (Wildman–Crippen LogP) is 3.98. The molecule has 0 atom stereocenters. The third kappa shape index (κ3) is 4.45. The highest BCUT2D eigenvalue weighted by molar-refractivity contribution is 7.90. The molecule has 2 aromatic heterocycles. The third-order valence-corrected chi connectivity index (χ3v) is 6.59. The summed E-state index contributed by atoms with van der Waals surface area (Å²) < 4.78 is 63.3. The predicted molar refractivity (Wildman–Crippen MR) is 120 cm³/mol. The van der Waals surface area contributed by atoms with E-state index in [0.29, 0.717) is 16.7 Å². The highest BCUT2D eigenvalue weighted by atomic mass is 32.2. The molecule has 9 nitrogen and oxygen atoms in total. The number of sulfonamides is 1. The van der Waals surface area contributed by atoms with E-state index in [0.717, 1.165) is 10.9 Å². The number of rotatable bonds is 1. The first kappa shape index (κ1) is 23.6. The fourth-order valence-corrected chi connectivity index (χ4v) is 4.46. The highest BCUT2D eigenvalue weighted by Crippen LogP contribution is 2.37. The van der Waals surface area contributed by atoms with Gasteiger partial charge in [-0.15, -0.1) is 0 Å². The molecule has 0 unspecified atom stereocenters. The molecule has 12 heteroatoms. The third-order valence-electron chi connectivity index (χ3n) is 5.35. The number of pyridine rings is 1. The number of carbonyl (C=O) groups is 1. The summed E-state index contributed by atoms with van der Waals surface area (Å²) in [6.45, 7) is 6.88. The minimum absolute atomic E-state index is 0.0398. The number of nitrogens with zero attached hydrogens (tertiary/aromatic N) is 3. The van der Waals surface area contributed by atoms with Crippen LogP contribution in [-0.2, 0) is 15.6 Å². The van der Waals surface area contributed by atoms with Crippen LogP contribution in [0.1, 0.15) is 39.2 Å². The van der Waals surface area contributed by atoms with E-state index in [-0.39, 0.29) is 24.1 Å². The molecule has 3 heterocycles. The van der Waals surface area contributed by atoms with Crippen LogP contribution in [0.2, 0.25) is 0 Å². The van der Waals surface area contributed by atoms with Gasteiger partial charge in [0.25, 0.3) is 10.0 Å². The summed E-state index contributed by atoms with van der Waals surface area (Å²) in [7, 11) is -4.66. The van der Waals surface area contributed by atoms with Crippen LogP contribution in [0.3, 0.4) is 0 Å². The summed E-state index contributed by atoms with van der Waals surface area (Å²) in [5, 5.41) is 5.41. The van der Waals surface area contributed by atoms with Gasteiger partial charge in [0.05, 0.1) is 17.4 Å². The van der Waals surface area contributed by atoms with Crippen LogP contribution in [-0.4, -0.2) is 35.8 Å². The molecular formula is C22H23F2N5O4S. The maximum Gasteiger partial charge on any atom is 0.333 e. The van der Waals surface area contributed by atoms with Crippen LogP contribution in [0.5, 0.6) is 5.88 Å². The molecule has 34 heavy (non-hydrogen) atoms. The van der Waals surface area contributed by atoms with E-state index in [4.69, 9.17) is 4.74 Å². The van der Waals surface area contributed by atoms with Crippen molar-refractivity contribution in [2.45, 2.75) is 44.2 Å². The van der Waals surface area contributed by atoms with Crippen molar-refractivity contribution < 1.29 is 26.7 Å². The van der Waals surface area contributed by atoms with Gasteiger partial charge in [-0.1, -0.05) is 13.8 Å². The molecule has 180 valence electrons. The van der Waals surface area contributed by atoms with Gasteiger partial charge < -0.3 is 10.1 Å². The molecule has 0 spiro atoms. The molecule has 0 saturated heterocycles. The molecule has 4 rings (SSSR count). The van der Waals surface area contributed by atoms with Crippen molar-refractivity contribution in [2.24, 2.45) is 0 Å². The average molecular weight is 492 g/mol. The van der Waals surface area contributed by atoms with Gasteiger partial charge in [0.1, 0.15) is 12.4 Å². The fraction of sp³-hybridized carbons (Fsp3) is 0.318. The lowest BCUT2D eigenvalue weighted by molar-refractivity contribution is 0.164. The molecule has 1 aromatic carbocycles. The molecule has 0 radical (unpaired) electrons. The number of hydrogen-bond acceptors (Lipinski definition) is 6. The molecule has 0 fully saturated rings. The first-order valence-electron chi connectivity index (χ1n) is 10.4. The van der Waals surface area contributed by atoms with E-state index in [2.05, 4.69) is 15.4 Å². The fourth-order valence-electron chi connectivity index (χ4n) is 3.56. The zero-order chi connectivity index (χ0) is 24.8. The Hall–Kier alpha value is -3.54. The number of urea groups is 1. The Labute approximate surface area is 195 Å². The summed E-state index contributed by atoms with van der Waals surface area (Å²) in [6.07, 6.45) is 2.39. The zero-order valence-corrected chi connectivity index (χ0v) is 19.7. The Balaban J connectivity index is 1.93. The number of fused-ring (bicyclic) bond motifs is 6. The van der Waals surface area contributed by atoms with E-state index in [1.54, 1.807) is 44.5 Å². The van der Waals surface area contributed by atoms with Gasteiger partial charge in [-0.25, -0.2) is 23.3 Å². The SMILES string of the molecule is CC(C)c1cc(F)cc2c1NC(=O)NS(=O)(=O)c1nn(cc1F)C(C)(C)COc1cc-2ccn1. The van der Waals surface area contributed by atoms with Crippen molar-refractivity contribution in [1.82, 2.24) is 19.5 Å². The second-order valence-electron chi connectivity index (χ2n) is 8.84. The molecular weight excluding hydrogens is 468 g/mol. The van der Waals surface area contributed by atoms with Crippen molar-refractivity contribution >= 4 is 21.7 Å². The molecule has 0 saturated carbocycles. The van der Waals surface area contributed by atoms with Gasteiger partial charge in [-0.2, -0.15) is 13.5 Å². The maximum absolute atomic E-state index is 14.6. The first-order valence-corrected chi connectivity index (χ1v) is 11.9. The number of carbonyl (C=O) groups excluding carboxylic acids is 1. The summed E-state index contributed by atoms with van der Waals surface area (Å²) >= 11 is 0. The average Bonchev–Trinajstić information content (AvgIpc) is 3.16. The Kier molecular flexibility index (Phi) is 5.80. The summed E-state index contributed by atoms with van der Waals surface area (Å²) in [4.78, 5) is 16.9. The van der Waals surface area contributed by atoms with Crippen LogP contribution >= 0.6 is 0 Å². The van der Waals surface area contributed by atoms with Gasteiger partial charge in [0.2, 0.25) is 10.9 Å². The number of halogens is 2. The van der Waals surface area contributed by atoms with E-state index in [1.165, 1.54) is 18.3 Å². The second-order valence-corrected chi connectivity index (χ2v) is 10.4. The van der Waals surface area contributed by atoms with E-state index in [1.807, 2.05) is 0 Å². The minimum Gasteiger partial charge on any atom is -0.475 e. The van der Waals surface area contributed by atoms with Gasteiger partial charge >= 0.3 is 6.03 Å². The number of anilines is 1. The molecule has 1 aliphatic rings. The number of aromatic nitrogens is 3. The standard InChI is InChI=1S/C22H23F2N5O4S/c1-12(2)15-8-14(23)9-16-13-5-6-25-18(7-13)33-11-22(3,4)29-10-17(24)20(27-29)34(31,32)28-21(30)26-19(15)16/h5-10,12H,11H2,1-4H3,(H2,26,28,30). The number of ether oxygens (including phenoxy) is 1. The Morgan fingerprint density at radius 1 is 1.21 bits per heavy atom. The molecule has 0 aliphatic carbocycles. The van der Waals surface area contributed by atoms with Crippen LogP contribution < -0.4 is 14.8 Å². The van der Waals surface area contributed by atoms with Gasteiger partial charge in [-0.3, -0.25) is 4.68 Å². The lowest BCUT2D eigenvalue weighted by atomic mass is 9.94. The van der Waals surface area contributed by atoms with Crippen molar-refractivity contribution in [2.75, 3.05) is 11.9 Å². The number of nitrogens with one attached hydrogen (secondary N) is 2. The maximum atomic E-state index is 14.6. The quantitative estimate of drug-likeness (QED) is 0.532. The molecule has 1 aliphatic heterocycles. The Bertz CT molecular complexity index is 1390. The molecule has 4 bridgehead atoms. The van der Waals surface area contributed by atoms with Crippen LogP contribution in [0.25, 0.3) is 11.1 Å². The van der Waals surface area contributed by atoms with E-state index in [9.17, 15) is 22.0 Å². The number of benzene rings is 1. The lowest BCUT2D eigenvalue weighted by Crippen LogP contribution is -2.36. The monoisotopic (exact) mass is 491 g/mol. The normalized spacial score (nSPS) is 17.0. The summed E-state index contributed by atoms with van der Waals surface area (Å²) in [6, 6.07) is 4.52. The molecule has 3 aromatic rings. The summed E-state index contributed by atoms with van der Waals surface area (Å²) in [5.74, 6) is -1.70. The van der Waals surface area contributed by atoms with Gasteiger partial charge in [0.15, 0.2) is 5.82 Å². The van der Waals surface area contributed by atoms with E-state index >= 15 is 0 Å². The lowest BCUT2D eigenvalue weighted by Gasteiger charge is -2.25. The largest absolute Gasteiger partial charge is 0.475 e.